The van der Waals surface area contributed by atoms with Gasteiger partial charge in [-0.1, -0.05) is 12.1 Å². The molecule has 0 N–H and O–H groups in total. The molecule has 0 aromatic heterocycles. The first-order chi connectivity index (χ1) is 4.47. The number of rotatable bonds is 0. The topological polar surface area (TPSA) is 18.5 Å². The van der Waals surface area contributed by atoms with Gasteiger partial charge in [0.25, 0.3) is 0 Å². The molecule has 1 aliphatic rings. The molecule has 2 rings (SSSR count). The number of para-hydroxylation sites is 2. The molecule has 0 atom stereocenters. The summed E-state index contributed by atoms with van der Waals surface area (Å²) < 4.78 is 10.2. The molecule has 0 saturated carbocycles. The van der Waals surface area contributed by atoms with Gasteiger partial charge in [-0.25, -0.2) is 0 Å². The average molecular weight is 159 g/mol. The van der Waals surface area contributed by atoms with Crippen molar-refractivity contribution in [3.63, 3.8) is 0 Å². The lowest BCUT2D eigenvalue weighted by molar-refractivity contribution is 0.174. The van der Waals surface area contributed by atoms with Gasteiger partial charge in [0.15, 0.2) is 11.5 Å². The van der Waals surface area contributed by atoms with E-state index in [0.29, 0.717) is 6.79 Å². The number of halogens is 1. The maximum absolute atomic E-state index is 5.08. The van der Waals surface area contributed by atoms with E-state index >= 15 is 0 Å². The molecule has 1 heterocycles. The van der Waals surface area contributed by atoms with Crippen LogP contribution >= 0.6 is 12.4 Å². The quantitative estimate of drug-likeness (QED) is 0.574. The Balaban J connectivity index is 0.000000500. The zero-order valence-corrected chi connectivity index (χ0v) is 6.06. The number of ether oxygens (including phenoxy) is 2. The minimum Gasteiger partial charge on any atom is -0.454 e. The van der Waals surface area contributed by atoms with E-state index in [4.69, 9.17) is 9.47 Å². The lowest BCUT2D eigenvalue weighted by Gasteiger charge is -1.89. The predicted molar refractivity (Wildman–Crippen MR) is 39.8 cm³/mol. The lowest BCUT2D eigenvalue weighted by atomic mass is 10.3. The molecule has 0 spiro atoms. The highest BCUT2D eigenvalue weighted by Gasteiger charge is 2.09. The van der Waals surface area contributed by atoms with E-state index in [9.17, 15) is 0 Å². The summed E-state index contributed by atoms with van der Waals surface area (Å²) in [5.74, 6) is 1.69. The van der Waals surface area contributed by atoms with E-state index < -0.39 is 0 Å². The Bertz CT molecular complexity index is 202. The van der Waals surface area contributed by atoms with Crippen LogP contribution in [0, 0.1) is 0 Å². The van der Waals surface area contributed by atoms with Gasteiger partial charge in [-0.3, -0.25) is 0 Å². The van der Waals surface area contributed by atoms with Crippen LogP contribution in [0.15, 0.2) is 24.3 Å². The average Bonchev–Trinajstić information content (AvgIpc) is 2.33. The maximum atomic E-state index is 5.08. The van der Waals surface area contributed by atoms with Gasteiger partial charge in [0, 0.05) is 0 Å². The fourth-order valence-electron chi connectivity index (χ4n) is 0.845. The van der Waals surface area contributed by atoms with Crippen molar-refractivity contribution in [1.82, 2.24) is 0 Å². The Hall–Kier alpha value is -0.890. The molecular weight excluding hydrogens is 152 g/mol. The van der Waals surface area contributed by atoms with E-state index in [0.717, 1.165) is 11.5 Å². The second-order valence-electron chi connectivity index (χ2n) is 1.85. The smallest absolute Gasteiger partial charge is 0.231 e. The zero-order chi connectivity index (χ0) is 6.10. The zero-order valence-electron chi connectivity index (χ0n) is 5.24. The molecule has 0 unspecified atom stereocenters. The van der Waals surface area contributed by atoms with Gasteiger partial charge in [0.1, 0.15) is 0 Å². The molecule has 10 heavy (non-hydrogen) atoms. The Morgan fingerprint density at radius 1 is 1.00 bits per heavy atom. The van der Waals surface area contributed by atoms with Crippen molar-refractivity contribution in [3.05, 3.63) is 24.3 Å². The third kappa shape index (κ3) is 1.02. The number of fused-ring (bicyclic) bond motifs is 1. The van der Waals surface area contributed by atoms with Gasteiger partial charge in [-0.2, -0.15) is 0 Å². The molecule has 2 nitrogen and oxygen atoms in total. The summed E-state index contributed by atoms with van der Waals surface area (Å²) in [6.07, 6.45) is 0. The van der Waals surface area contributed by atoms with Crippen molar-refractivity contribution in [1.29, 1.82) is 0 Å². The highest BCUT2D eigenvalue weighted by molar-refractivity contribution is 5.85. The molecule has 1 aromatic carbocycles. The summed E-state index contributed by atoms with van der Waals surface area (Å²) in [5.41, 5.74) is 0. The standard InChI is InChI=1S/C7H6O2.ClH/c1-2-4-7-6(3-1)8-5-9-7;/h1-4H,5H2;1H. The summed E-state index contributed by atoms with van der Waals surface area (Å²) in [5, 5.41) is 0. The minimum absolute atomic E-state index is 0. The van der Waals surface area contributed by atoms with E-state index in [1.54, 1.807) is 0 Å². The maximum Gasteiger partial charge on any atom is 0.231 e. The Morgan fingerprint density at radius 2 is 1.50 bits per heavy atom. The molecule has 0 saturated heterocycles. The number of hydrogen-bond acceptors (Lipinski definition) is 2. The third-order valence-electron chi connectivity index (χ3n) is 1.28. The van der Waals surface area contributed by atoms with Crippen LogP contribution in [0.4, 0.5) is 0 Å². The molecular formula is C7H7ClO2. The van der Waals surface area contributed by atoms with Crippen LogP contribution in [0.25, 0.3) is 0 Å². The van der Waals surface area contributed by atoms with Crippen LogP contribution < -0.4 is 9.47 Å². The Morgan fingerprint density at radius 3 is 2.00 bits per heavy atom. The fourth-order valence-corrected chi connectivity index (χ4v) is 0.845. The Labute approximate surface area is 65.2 Å². The van der Waals surface area contributed by atoms with Gasteiger partial charge in [-0.05, 0) is 12.1 Å². The molecule has 1 aliphatic heterocycles. The van der Waals surface area contributed by atoms with Crippen LogP contribution in [0.5, 0.6) is 11.5 Å². The van der Waals surface area contributed by atoms with E-state index in [2.05, 4.69) is 0 Å². The van der Waals surface area contributed by atoms with E-state index in [1.165, 1.54) is 0 Å². The van der Waals surface area contributed by atoms with Gasteiger partial charge < -0.3 is 9.47 Å². The predicted octanol–water partition coefficient (Wildman–Crippen LogP) is 1.84. The van der Waals surface area contributed by atoms with Crippen molar-refractivity contribution in [2.45, 2.75) is 0 Å². The third-order valence-corrected chi connectivity index (χ3v) is 1.28. The van der Waals surface area contributed by atoms with Crippen molar-refractivity contribution in [2.24, 2.45) is 0 Å². The summed E-state index contributed by atoms with van der Waals surface area (Å²) >= 11 is 0. The fraction of sp³-hybridized carbons (Fsp3) is 0.143. The van der Waals surface area contributed by atoms with Crippen LogP contribution in [-0.2, 0) is 0 Å². The second kappa shape index (κ2) is 2.80. The largest absolute Gasteiger partial charge is 0.454 e. The number of benzene rings is 1. The van der Waals surface area contributed by atoms with Gasteiger partial charge in [0.05, 0.1) is 0 Å². The SMILES string of the molecule is Cl.c1ccc2c(c1)OCO2. The highest BCUT2D eigenvalue weighted by atomic mass is 35.5. The molecule has 54 valence electrons. The van der Waals surface area contributed by atoms with E-state index in [1.807, 2.05) is 24.3 Å². The van der Waals surface area contributed by atoms with Crippen LogP contribution in [0.3, 0.4) is 0 Å². The summed E-state index contributed by atoms with van der Waals surface area (Å²) in [7, 11) is 0. The normalized spacial score (nSPS) is 12.4. The molecule has 0 radical (unpaired) electrons. The highest BCUT2D eigenvalue weighted by Crippen LogP contribution is 2.30. The summed E-state index contributed by atoms with van der Waals surface area (Å²) in [6, 6.07) is 7.63. The van der Waals surface area contributed by atoms with Crippen molar-refractivity contribution >= 4 is 12.4 Å². The monoisotopic (exact) mass is 158 g/mol. The van der Waals surface area contributed by atoms with E-state index in [-0.39, 0.29) is 12.4 Å². The molecule has 0 bridgehead atoms. The molecule has 0 aliphatic carbocycles. The van der Waals surface area contributed by atoms with Gasteiger partial charge >= 0.3 is 0 Å². The molecule has 3 heteroatoms. The molecule has 0 amide bonds. The van der Waals surface area contributed by atoms with Crippen molar-refractivity contribution < 1.29 is 9.47 Å². The summed E-state index contributed by atoms with van der Waals surface area (Å²) in [4.78, 5) is 0. The first-order valence-electron chi connectivity index (χ1n) is 2.81. The van der Waals surface area contributed by atoms with Crippen molar-refractivity contribution in [3.8, 4) is 11.5 Å². The lowest BCUT2D eigenvalue weighted by Crippen LogP contribution is -1.92. The first kappa shape index (κ1) is 7.22. The molecule has 1 aromatic rings. The second-order valence-corrected chi connectivity index (χ2v) is 1.85. The van der Waals surface area contributed by atoms with Crippen molar-refractivity contribution in [2.75, 3.05) is 6.79 Å². The molecule has 0 fully saturated rings. The minimum atomic E-state index is 0. The van der Waals surface area contributed by atoms with Gasteiger partial charge in [0.2, 0.25) is 6.79 Å². The van der Waals surface area contributed by atoms with Crippen LogP contribution in [0.2, 0.25) is 0 Å². The van der Waals surface area contributed by atoms with Crippen LogP contribution in [-0.4, -0.2) is 6.79 Å². The van der Waals surface area contributed by atoms with Gasteiger partial charge in [-0.15, -0.1) is 12.4 Å². The van der Waals surface area contributed by atoms with Crippen LogP contribution in [0.1, 0.15) is 0 Å². The first-order valence-corrected chi connectivity index (χ1v) is 2.81. The number of hydrogen-bond donors (Lipinski definition) is 0. The Kier molecular flexibility index (Phi) is 2.02. The summed E-state index contributed by atoms with van der Waals surface area (Å²) in [6.45, 7) is 0.360.